The van der Waals surface area contributed by atoms with Gasteiger partial charge in [0.15, 0.2) is 6.61 Å². The quantitative estimate of drug-likeness (QED) is 0.797. The van der Waals surface area contributed by atoms with Gasteiger partial charge in [-0.25, -0.2) is 4.79 Å². The van der Waals surface area contributed by atoms with Crippen molar-refractivity contribution in [2.75, 3.05) is 13.7 Å². The van der Waals surface area contributed by atoms with Crippen LogP contribution in [0.4, 0.5) is 0 Å². The SMILES string of the molecule is COc1cc(C(=O)OCC(=O)N[C@@H](C)c2ccc(Cl)cc2)ccc1C. The van der Waals surface area contributed by atoms with E-state index in [1.165, 1.54) is 7.11 Å². The standard InChI is InChI=1S/C19H20ClNO4/c1-12-4-5-15(10-17(12)24-3)19(23)25-11-18(22)21-13(2)14-6-8-16(20)9-7-14/h4-10,13H,11H2,1-3H3,(H,21,22)/t13-/m0/s1. The van der Waals surface area contributed by atoms with Gasteiger partial charge in [0.1, 0.15) is 5.75 Å². The second-order valence-corrected chi connectivity index (χ2v) is 6.04. The summed E-state index contributed by atoms with van der Waals surface area (Å²) in [5.41, 5.74) is 2.15. The lowest BCUT2D eigenvalue weighted by Gasteiger charge is -2.14. The lowest BCUT2D eigenvalue weighted by molar-refractivity contribution is -0.124. The summed E-state index contributed by atoms with van der Waals surface area (Å²) in [5, 5.41) is 3.40. The Labute approximate surface area is 151 Å². The number of aryl methyl sites for hydroxylation is 1. The molecule has 1 N–H and O–H groups in total. The lowest BCUT2D eigenvalue weighted by Crippen LogP contribution is -2.31. The van der Waals surface area contributed by atoms with Crippen molar-refractivity contribution in [2.24, 2.45) is 0 Å². The highest BCUT2D eigenvalue weighted by atomic mass is 35.5. The molecule has 25 heavy (non-hydrogen) atoms. The van der Waals surface area contributed by atoms with Gasteiger partial charge in [-0.3, -0.25) is 4.79 Å². The van der Waals surface area contributed by atoms with E-state index in [-0.39, 0.29) is 18.6 Å². The van der Waals surface area contributed by atoms with Crippen LogP contribution in [0.5, 0.6) is 5.75 Å². The summed E-state index contributed by atoms with van der Waals surface area (Å²) in [6, 6.07) is 11.9. The lowest BCUT2D eigenvalue weighted by atomic mass is 10.1. The number of halogens is 1. The summed E-state index contributed by atoms with van der Waals surface area (Å²) in [6.07, 6.45) is 0. The Bertz CT molecular complexity index is 759. The third kappa shape index (κ3) is 5.22. The second-order valence-electron chi connectivity index (χ2n) is 5.60. The third-order valence-corrected chi connectivity index (χ3v) is 3.98. The summed E-state index contributed by atoms with van der Waals surface area (Å²) in [4.78, 5) is 24.0. The van der Waals surface area contributed by atoms with Gasteiger partial charge in [-0.15, -0.1) is 0 Å². The van der Waals surface area contributed by atoms with Crippen molar-refractivity contribution in [3.8, 4) is 5.75 Å². The van der Waals surface area contributed by atoms with E-state index >= 15 is 0 Å². The van der Waals surface area contributed by atoms with Gasteiger partial charge in [-0.2, -0.15) is 0 Å². The minimum Gasteiger partial charge on any atom is -0.496 e. The molecule has 0 bridgehead atoms. The summed E-state index contributed by atoms with van der Waals surface area (Å²) < 4.78 is 10.2. The number of carbonyl (C=O) groups excluding carboxylic acids is 2. The molecule has 0 unspecified atom stereocenters. The van der Waals surface area contributed by atoms with Crippen LogP contribution in [-0.4, -0.2) is 25.6 Å². The molecule has 1 atom stereocenters. The summed E-state index contributed by atoms with van der Waals surface area (Å²) in [6.45, 7) is 3.36. The highest BCUT2D eigenvalue weighted by Gasteiger charge is 2.14. The third-order valence-electron chi connectivity index (χ3n) is 3.73. The molecule has 2 rings (SSSR count). The van der Waals surface area contributed by atoms with Crippen LogP contribution in [-0.2, 0) is 9.53 Å². The van der Waals surface area contributed by atoms with Crippen LogP contribution in [0.2, 0.25) is 5.02 Å². The Hall–Kier alpha value is -2.53. The molecule has 0 heterocycles. The number of hydrogen-bond acceptors (Lipinski definition) is 4. The molecule has 2 aromatic rings. The molecule has 0 aliphatic carbocycles. The molecule has 0 saturated carbocycles. The fourth-order valence-electron chi connectivity index (χ4n) is 2.28. The second kappa shape index (κ2) is 8.53. The fourth-order valence-corrected chi connectivity index (χ4v) is 2.41. The average Bonchev–Trinajstić information content (AvgIpc) is 2.60. The van der Waals surface area contributed by atoms with Gasteiger partial charge in [0.2, 0.25) is 0 Å². The summed E-state index contributed by atoms with van der Waals surface area (Å²) in [7, 11) is 1.53. The van der Waals surface area contributed by atoms with Crippen LogP contribution < -0.4 is 10.1 Å². The van der Waals surface area contributed by atoms with Gasteiger partial charge in [0.05, 0.1) is 18.7 Å². The Balaban J connectivity index is 1.88. The Kier molecular flexibility index (Phi) is 6.42. The van der Waals surface area contributed by atoms with Gasteiger partial charge in [0, 0.05) is 5.02 Å². The molecule has 2 aromatic carbocycles. The van der Waals surface area contributed by atoms with Crippen LogP contribution in [0, 0.1) is 6.92 Å². The van der Waals surface area contributed by atoms with E-state index in [0.29, 0.717) is 16.3 Å². The van der Waals surface area contributed by atoms with E-state index in [4.69, 9.17) is 21.1 Å². The van der Waals surface area contributed by atoms with Crippen LogP contribution in [0.1, 0.15) is 34.5 Å². The molecule has 1 amide bonds. The summed E-state index contributed by atoms with van der Waals surface area (Å²) in [5.74, 6) is -0.363. The molecule has 0 fully saturated rings. The molecule has 0 aliphatic heterocycles. The molecular formula is C19H20ClNO4. The molecule has 0 radical (unpaired) electrons. The van der Waals surface area contributed by atoms with Crippen molar-refractivity contribution in [1.29, 1.82) is 0 Å². The van der Waals surface area contributed by atoms with E-state index in [0.717, 1.165) is 11.1 Å². The van der Waals surface area contributed by atoms with Gasteiger partial charge in [0.25, 0.3) is 5.91 Å². The smallest absolute Gasteiger partial charge is 0.338 e. The van der Waals surface area contributed by atoms with Crippen molar-refractivity contribution in [3.05, 3.63) is 64.2 Å². The predicted octanol–water partition coefficient (Wildman–Crippen LogP) is 3.69. The zero-order chi connectivity index (χ0) is 18.4. The molecule has 0 aromatic heterocycles. The van der Waals surface area contributed by atoms with Crippen molar-refractivity contribution >= 4 is 23.5 Å². The Morgan fingerprint density at radius 1 is 1.16 bits per heavy atom. The first kappa shape index (κ1) is 18.8. The minimum atomic E-state index is -0.576. The maximum absolute atomic E-state index is 12.0. The van der Waals surface area contributed by atoms with Gasteiger partial charge < -0.3 is 14.8 Å². The number of amides is 1. The van der Waals surface area contributed by atoms with Gasteiger partial charge in [-0.1, -0.05) is 29.8 Å². The number of rotatable bonds is 6. The van der Waals surface area contributed by atoms with Crippen LogP contribution in [0.25, 0.3) is 0 Å². The highest BCUT2D eigenvalue weighted by Crippen LogP contribution is 2.19. The Morgan fingerprint density at radius 3 is 2.48 bits per heavy atom. The first-order valence-corrected chi connectivity index (χ1v) is 8.15. The van der Waals surface area contributed by atoms with E-state index < -0.39 is 5.97 Å². The fraction of sp³-hybridized carbons (Fsp3) is 0.263. The van der Waals surface area contributed by atoms with E-state index in [1.807, 2.05) is 26.0 Å². The van der Waals surface area contributed by atoms with Gasteiger partial charge in [-0.05, 0) is 49.2 Å². The number of esters is 1. The van der Waals surface area contributed by atoms with Gasteiger partial charge >= 0.3 is 5.97 Å². The molecule has 6 heteroatoms. The van der Waals surface area contributed by atoms with Crippen LogP contribution in [0.15, 0.2) is 42.5 Å². The van der Waals surface area contributed by atoms with E-state index in [1.54, 1.807) is 30.3 Å². The molecule has 0 spiro atoms. The number of ether oxygens (including phenoxy) is 2. The van der Waals surface area contributed by atoms with Crippen molar-refractivity contribution in [3.63, 3.8) is 0 Å². The molecular weight excluding hydrogens is 342 g/mol. The topological polar surface area (TPSA) is 64.6 Å². The maximum Gasteiger partial charge on any atom is 0.338 e. The zero-order valence-electron chi connectivity index (χ0n) is 14.3. The van der Waals surface area contributed by atoms with Crippen LogP contribution in [0.3, 0.4) is 0 Å². The normalized spacial score (nSPS) is 11.5. The largest absolute Gasteiger partial charge is 0.496 e. The van der Waals surface area contributed by atoms with E-state index in [2.05, 4.69) is 5.32 Å². The molecule has 0 aliphatic rings. The zero-order valence-corrected chi connectivity index (χ0v) is 15.1. The number of hydrogen-bond donors (Lipinski definition) is 1. The average molecular weight is 362 g/mol. The number of carbonyl (C=O) groups is 2. The molecule has 132 valence electrons. The summed E-state index contributed by atoms with van der Waals surface area (Å²) >= 11 is 5.84. The highest BCUT2D eigenvalue weighted by molar-refractivity contribution is 6.30. The minimum absolute atomic E-state index is 0.220. The number of nitrogens with one attached hydrogen (secondary N) is 1. The molecule has 0 saturated heterocycles. The van der Waals surface area contributed by atoms with Crippen molar-refractivity contribution < 1.29 is 19.1 Å². The monoisotopic (exact) mass is 361 g/mol. The first-order valence-electron chi connectivity index (χ1n) is 7.77. The molecule has 5 nitrogen and oxygen atoms in total. The van der Waals surface area contributed by atoms with E-state index in [9.17, 15) is 9.59 Å². The number of benzene rings is 2. The number of methoxy groups -OCH3 is 1. The first-order chi connectivity index (χ1) is 11.9. The Morgan fingerprint density at radius 2 is 1.84 bits per heavy atom. The van der Waals surface area contributed by atoms with Crippen LogP contribution >= 0.6 is 11.6 Å². The van der Waals surface area contributed by atoms with Crippen molar-refractivity contribution in [2.45, 2.75) is 19.9 Å². The van der Waals surface area contributed by atoms with Crippen molar-refractivity contribution in [1.82, 2.24) is 5.32 Å². The maximum atomic E-state index is 12.0. The predicted molar refractivity (Wildman–Crippen MR) is 96.0 cm³/mol.